The Labute approximate surface area is 243 Å². The number of β-amino-alcohol motifs (C(OH)–C–C–N with tert-alkyl or cyclic N) is 1. The molecule has 39 heavy (non-hydrogen) atoms. The highest BCUT2D eigenvalue weighted by Gasteiger charge is 2.58. The smallest absolute Gasteiger partial charge is 0.227 e. The van der Waals surface area contributed by atoms with Crippen molar-refractivity contribution in [1.82, 2.24) is 9.80 Å². The molecule has 0 unspecified atom stereocenters. The van der Waals surface area contributed by atoms with Crippen molar-refractivity contribution < 1.29 is 14.6 Å². The molecule has 3 atom stereocenters. The SMILES string of the molecule is COc1cccc([C@@]23CCN(CC4CC4)C[C@@]2(O)CC[C@@H](N(CC(C)C)C(=O)Cc2ccc(Cl)c(Cl)c2)C3)c1. The van der Waals surface area contributed by atoms with E-state index in [2.05, 4.69) is 35.8 Å². The predicted molar refractivity (Wildman–Crippen MR) is 158 cm³/mol. The van der Waals surface area contributed by atoms with E-state index in [0.29, 0.717) is 35.5 Å². The number of likely N-dealkylation sites (tertiary alicyclic amines) is 1. The molecule has 2 aromatic rings. The van der Waals surface area contributed by atoms with Crippen molar-refractivity contribution in [3.63, 3.8) is 0 Å². The van der Waals surface area contributed by atoms with Crippen molar-refractivity contribution in [2.24, 2.45) is 11.8 Å². The first-order valence-corrected chi connectivity index (χ1v) is 15.2. The number of carbonyl (C=O) groups excluding carboxylic acids is 1. The van der Waals surface area contributed by atoms with Crippen molar-refractivity contribution in [1.29, 1.82) is 0 Å². The fourth-order valence-corrected chi connectivity index (χ4v) is 7.34. The fourth-order valence-electron chi connectivity index (χ4n) is 7.01. The maximum atomic E-state index is 13.9. The maximum absolute atomic E-state index is 13.9. The second-order valence-corrected chi connectivity index (χ2v) is 13.4. The highest BCUT2D eigenvalue weighted by Crippen LogP contribution is 2.53. The van der Waals surface area contributed by atoms with Gasteiger partial charge in [-0.3, -0.25) is 4.79 Å². The second-order valence-electron chi connectivity index (χ2n) is 12.5. The van der Waals surface area contributed by atoms with Crippen molar-refractivity contribution in [2.45, 2.75) is 75.9 Å². The first-order chi connectivity index (χ1) is 18.6. The highest BCUT2D eigenvalue weighted by atomic mass is 35.5. The normalized spacial score (nSPS) is 27.3. The number of halogens is 2. The third-order valence-electron chi connectivity index (χ3n) is 9.20. The van der Waals surface area contributed by atoms with E-state index in [1.807, 2.05) is 18.2 Å². The van der Waals surface area contributed by atoms with Gasteiger partial charge in [0.25, 0.3) is 0 Å². The largest absolute Gasteiger partial charge is 0.497 e. The van der Waals surface area contributed by atoms with E-state index in [9.17, 15) is 9.90 Å². The van der Waals surface area contributed by atoms with E-state index in [4.69, 9.17) is 27.9 Å². The summed E-state index contributed by atoms with van der Waals surface area (Å²) in [5.74, 6) is 2.03. The molecule has 2 aromatic carbocycles. The van der Waals surface area contributed by atoms with Crippen LogP contribution in [0.4, 0.5) is 0 Å². The summed E-state index contributed by atoms with van der Waals surface area (Å²) in [6, 6.07) is 13.7. The summed E-state index contributed by atoms with van der Waals surface area (Å²) in [7, 11) is 1.69. The number of methoxy groups -OCH3 is 1. The van der Waals surface area contributed by atoms with Crippen molar-refractivity contribution in [3.8, 4) is 5.75 Å². The lowest BCUT2D eigenvalue weighted by atomic mass is 9.55. The van der Waals surface area contributed by atoms with Crippen LogP contribution >= 0.6 is 23.2 Å². The van der Waals surface area contributed by atoms with E-state index in [1.165, 1.54) is 12.8 Å². The number of benzene rings is 2. The zero-order valence-corrected chi connectivity index (χ0v) is 25.0. The van der Waals surface area contributed by atoms with E-state index in [-0.39, 0.29) is 18.4 Å². The van der Waals surface area contributed by atoms with Crippen molar-refractivity contribution in [2.75, 3.05) is 33.3 Å². The molecule has 2 saturated carbocycles. The molecule has 5 nitrogen and oxygen atoms in total. The van der Waals surface area contributed by atoms with Gasteiger partial charge in [0.2, 0.25) is 5.91 Å². The molecule has 1 saturated heterocycles. The lowest BCUT2D eigenvalue weighted by molar-refractivity contribution is -0.150. The summed E-state index contributed by atoms with van der Waals surface area (Å²) < 4.78 is 5.61. The molecule has 3 aliphatic rings. The number of piperidine rings is 1. The minimum atomic E-state index is -0.848. The Kier molecular flexibility index (Phi) is 8.54. The summed E-state index contributed by atoms with van der Waals surface area (Å²) in [6.07, 6.45) is 5.98. The number of hydrogen-bond donors (Lipinski definition) is 1. The molecular weight excluding hydrogens is 531 g/mol. The molecule has 0 aromatic heterocycles. The zero-order valence-electron chi connectivity index (χ0n) is 23.5. The second kappa shape index (κ2) is 11.6. The molecule has 3 fully saturated rings. The number of hydrogen-bond acceptors (Lipinski definition) is 4. The Morgan fingerprint density at radius 2 is 1.92 bits per heavy atom. The third-order valence-corrected chi connectivity index (χ3v) is 9.94. The van der Waals surface area contributed by atoms with E-state index in [1.54, 1.807) is 19.2 Å². The number of rotatable bonds is 9. The van der Waals surface area contributed by atoms with Crippen LogP contribution in [0.2, 0.25) is 10.0 Å². The van der Waals surface area contributed by atoms with Gasteiger partial charge in [-0.25, -0.2) is 0 Å². The molecule has 1 N–H and O–H groups in total. The number of ether oxygens (including phenoxy) is 1. The Morgan fingerprint density at radius 1 is 1.13 bits per heavy atom. The van der Waals surface area contributed by atoms with Crippen molar-refractivity contribution in [3.05, 3.63) is 63.6 Å². The van der Waals surface area contributed by atoms with Gasteiger partial charge in [0.15, 0.2) is 0 Å². The van der Waals surface area contributed by atoms with Crippen LogP contribution in [0.1, 0.15) is 63.5 Å². The average Bonchev–Trinajstić information content (AvgIpc) is 3.73. The van der Waals surface area contributed by atoms with Gasteiger partial charge in [0.1, 0.15) is 5.75 Å². The summed E-state index contributed by atoms with van der Waals surface area (Å²) in [4.78, 5) is 18.4. The highest BCUT2D eigenvalue weighted by molar-refractivity contribution is 6.42. The van der Waals surface area contributed by atoms with Crippen LogP contribution in [0.15, 0.2) is 42.5 Å². The van der Waals surface area contributed by atoms with Gasteiger partial charge >= 0.3 is 0 Å². The Morgan fingerprint density at radius 3 is 2.62 bits per heavy atom. The number of carbonyl (C=O) groups is 1. The molecule has 0 bridgehead atoms. The van der Waals surface area contributed by atoms with Gasteiger partial charge in [-0.2, -0.15) is 0 Å². The van der Waals surface area contributed by atoms with Gasteiger partial charge in [0, 0.05) is 31.1 Å². The predicted octanol–water partition coefficient (Wildman–Crippen LogP) is 6.37. The van der Waals surface area contributed by atoms with Crippen LogP contribution in [0.5, 0.6) is 5.75 Å². The first-order valence-electron chi connectivity index (χ1n) is 14.4. The van der Waals surface area contributed by atoms with E-state index in [0.717, 1.165) is 55.1 Å². The summed E-state index contributed by atoms with van der Waals surface area (Å²) in [5, 5.41) is 13.4. The quantitative estimate of drug-likeness (QED) is 0.379. The van der Waals surface area contributed by atoms with Crippen LogP contribution in [0, 0.1) is 11.8 Å². The van der Waals surface area contributed by atoms with Gasteiger partial charge in [0.05, 0.1) is 29.2 Å². The molecule has 5 rings (SSSR count). The molecule has 1 aliphatic heterocycles. The average molecular weight is 574 g/mol. The lowest BCUT2D eigenvalue weighted by Crippen LogP contribution is -2.67. The molecule has 7 heteroatoms. The van der Waals surface area contributed by atoms with E-state index >= 15 is 0 Å². The molecule has 0 spiro atoms. The third kappa shape index (κ3) is 6.12. The molecule has 0 radical (unpaired) electrons. The standard InChI is InChI=1S/C32H42Cl2N2O3/c1-22(2)19-36(30(37)16-24-9-10-28(33)29(34)15-24)26-11-12-32(38)21-35(20-23-7-8-23)14-13-31(32,18-26)25-5-4-6-27(17-25)39-3/h4-6,9-10,15,17,22-23,26,38H,7-8,11-14,16,18-21H2,1-3H3/t26-,31+,32+/m1/s1. The summed E-state index contributed by atoms with van der Waals surface area (Å²) >= 11 is 12.4. The first kappa shape index (κ1) is 28.7. The fraction of sp³-hybridized carbons (Fsp3) is 0.594. The van der Waals surface area contributed by atoms with Crippen LogP contribution in [-0.2, 0) is 16.6 Å². The molecular formula is C32H42Cl2N2O3. The Balaban J connectivity index is 1.45. The molecule has 1 heterocycles. The molecule has 2 aliphatic carbocycles. The summed E-state index contributed by atoms with van der Waals surface area (Å²) in [6.45, 7) is 7.74. The van der Waals surface area contributed by atoms with Crippen LogP contribution < -0.4 is 4.74 Å². The van der Waals surface area contributed by atoms with Gasteiger partial charge in [-0.05, 0) is 92.3 Å². The maximum Gasteiger partial charge on any atom is 0.227 e. The Bertz CT molecular complexity index is 1190. The van der Waals surface area contributed by atoms with Gasteiger partial charge in [-0.15, -0.1) is 0 Å². The number of nitrogens with zero attached hydrogens (tertiary/aromatic N) is 2. The van der Waals surface area contributed by atoms with Crippen molar-refractivity contribution >= 4 is 29.1 Å². The Hall–Kier alpha value is -1.79. The lowest BCUT2D eigenvalue weighted by Gasteiger charge is -2.59. The summed E-state index contributed by atoms with van der Waals surface area (Å²) in [5.41, 5.74) is 0.705. The minimum absolute atomic E-state index is 0.0455. The van der Waals surface area contributed by atoms with Crippen LogP contribution in [0.3, 0.4) is 0 Å². The number of fused-ring (bicyclic) bond motifs is 1. The number of aliphatic hydroxyl groups is 1. The topological polar surface area (TPSA) is 53.0 Å². The van der Waals surface area contributed by atoms with Crippen LogP contribution in [0.25, 0.3) is 0 Å². The van der Waals surface area contributed by atoms with Crippen LogP contribution in [-0.4, -0.2) is 65.7 Å². The minimum Gasteiger partial charge on any atom is -0.497 e. The van der Waals surface area contributed by atoms with E-state index < -0.39 is 11.0 Å². The molecule has 212 valence electrons. The molecule has 1 amide bonds. The van der Waals surface area contributed by atoms with Gasteiger partial charge in [-0.1, -0.05) is 55.2 Å². The van der Waals surface area contributed by atoms with Gasteiger partial charge < -0.3 is 19.6 Å². The zero-order chi connectivity index (χ0) is 27.8. The monoisotopic (exact) mass is 572 g/mol. The number of amides is 1.